The molecule has 1 saturated carbocycles. The molecule has 5 aromatic rings. The largest absolute Gasteiger partial charge is 0.506 e. The molecule has 5 heterocycles. The van der Waals surface area contributed by atoms with Crippen molar-refractivity contribution in [3.63, 3.8) is 0 Å². The Morgan fingerprint density at radius 1 is 1.04 bits per heavy atom. The highest BCUT2D eigenvalue weighted by Gasteiger charge is 2.50. The lowest BCUT2D eigenvalue weighted by atomic mass is 9.60. The Kier molecular flexibility index (Phi) is 9.93. The highest BCUT2D eigenvalue weighted by atomic mass is 32.2. The fourth-order valence-electron chi connectivity index (χ4n) is 8.90. The predicted octanol–water partition coefficient (Wildman–Crippen LogP) is 7.72. The molecule has 3 aliphatic rings. The van der Waals surface area contributed by atoms with Crippen LogP contribution in [0.25, 0.3) is 11.0 Å². The molecule has 0 bridgehead atoms. The van der Waals surface area contributed by atoms with E-state index in [9.17, 15) is 18.3 Å². The molecule has 1 aliphatic carbocycles. The van der Waals surface area contributed by atoms with Gasteiger partial charge in [0.15, 0.2) is 0 Å². The first-order valence-corrected chi connectivity index (χ1v) is 20.9. The summed E-state index contributed by atoms with van der Waals surface area (Å²) in [6.07, 6.45) is 11.7. The molecule has 3 fully saturated rings. The van der Waals surface area contributed by atoms with Crippen LogP contribution in [0.15, 0.2) is 84.1 Å². The van der Waals surface area contributed by atoms with E-state index < -0.39 is 15.9 Å². The van der Waals surface area contributed by atoms with E-state index in [1.165, 1.54) is 55.1 Å². The standard InChI is InChI=1S/C42H49N7O5S/c1-4-43-35-12-11-31(21-37(35)50)55(52,53)47-41(51)34-26-45-39(22-38(34)54-30-20-28-13-16-44-40(28)46-25-30)48-18-14-42(15-19-48)23-29(24-42)49-17-7-10-36(49)33-9-6-5-8-32(33)27(2)3/h5-6,8-9,11-13,16,20-22,25-27,29,36,43,50H,4,7,10,14-15,17-19,23-24H2,1-3H3,(H,44,46)(H,47,51). The van der Waals surface area contributed by atoms with Crippen LogP contribution in [-0.2, 0) is 10.0 Å². The van der Waals surface area contributed by atoms with Crippen molar-refractivity contribution in [2.24, 2.45) is 5.41 Å². The maximum atomic E-state index is 13.7. The van der Waals surface area contributed by atoms with Crippen LogP contribution in [0.2, 0.25) is 0 Å². The minimum atomic E-state index is -4.35. The molecule has 1 amide bonds. The Hall–Kier alpha value is -5.14. The van der Waals surface area contributed by atoms with Gasteiger partial charge in [-0.25, -0.2) is 23.1 Å². The number of H-pyrrole nitrogens is 1. The summed E-state index contributed by atoms with van der Waals surface area (Å²) < 4.78 is 35.1. The number of rotatable bonds is 11. The lowest BCUT2D eigenvalue weighted by Gasteiger charge is -2.56. The average molecular weight is 764 g/mol. The van der Waals surface area contributed by atoms with E-state index in [2.05, 4.69) is 72.9 Å². The van der Waals surface area contributed by atoms with Crippen LogP contribution in [0.3, 0.4) is 0 Å². The number of benzene rings is 2. The van der Waals surface area contributed by atoms with Gasteiger partial charge in [-0.2, -0.15) is 0 Å². The van der Waals surface area contributed by atoms with Gasteiger partial charge < -0.3 is 25.0 Å². The first-order chi connectivity index (χ1) is 26.5. The molecule has 13 heteroatoms. The van der Waals surface area contributed by atoms with Crippen molar-refractivity contribution in [1.82, 2.24) is 24.6 Å². The topological polar surface area (TPSA) is 153 Å². The smallest absolute Gasteiger partial charge is 0.270 e. The Balaban J connectivity index is 0.983. The lowest BCUT2D eigenvalue weighted by molar-refractivity contribution is -0.0228. The summed E-state index contributed by atoms with van der Waals surface area (Å²) in [6, 6.07) is 19.4. The second-order valence-corrected chi connectivity index (χ2v) is 17.3. The summed E-state index contributed by atoms with van der Waals surface area (Å²) in [5, 5.41) is 14.2. The van der Waals surface area contributed by atoms with E-state index >= 15 is 0 Å². The monoisotopic (exact) mass is 763 g/mol. The predicted molar refractivity (Wildman–Crippen MR) is 213 cm³/mol. The normalized spacial score (nSPS) is 18.8. The molecule has 1 spiro atoms. The van der Waals surface area contributed by atoms with Gasteiger partial charge in [0.05, 0.1) is 16.8 Å². The Bertz CT molecular complexity index is 2310. The molecule has 2 saturated heterocycles. The number of anilines is 2. The molecule has 12 nitrogen and oxygen atoms in total. The summed E-state index contributed by atoms with van der Waals surface area (Å²) in [4.78, 5) is 30.6. The minimum absolute atomic E-state index is 0.0514. The first-order valence-electron chi connectivity index (χ1n) is 19.4. The fourth-order valence-corrected chi connectivity index (χ4v) is 9.89. The van der Waals surface area contributed by atoms with Crippen molar-refractivity contribution in [2.45, 2.75) is 82.2 Å². The fraction of sp³-hybridized carbons (Fsp3) is 0.405. The maximum absolute atomic E-state index is 13.7. The Labute approximate surface area is 322 Å². The number of phenolic OH excluding ortho intramolecular Hbond substituents is 1. The number of hydrogen-bond donors (Lipinski definition) is 4. The average Bonchev–Trinajstić information content (AvgIpc) is 3.84. The maximum Gasteiger partial charge on any atom is 0.270 e. The molecule has 2 aliphatic heterocycles. The highest BCUT2D eigenvalue weighted by Crippen LogP contribution is 2.54. The quantitative estimate of drug-likeness (QED) is 0.0985. The molecule has 8 rings (SSSR count). The van der Waals surface area contributed by atoms with Gasteiger partial charge in [-0.3, -0.25) is 9.69 Å². The van der Waals surface area contributed by atoms with Gasteiger partial charge in [0.2, 0.25) is 0 Å². The van der Waals surface area contributed by atoms with Gasteiger partial charge in [-0.05, 0) is 98.7 Å². The van der Waals surface area contributed by atoms with Crippen LogP contribution in [0.4, 0.5) is 11.5 Å². The van der Waals surface area contributed by atoms with Crippen LogP contribution in [-0.4, -0.2) is 71.5 Å². The van der Waals surface area contributed by atoms with Gasteiger partial charge in [0.25, 0.3) is 15.9 Å². The number of phenols is 1. The number of likely N-dealkylation sites (tertiary alicyclic amines) is 1. The zero-order valence-electron chi connectivity index (χ0n) is 31.6. The first kappa shape index (κ1) is 36.8. The van der Waals surface area contributed by atoms with Gasteiger partial charge in [-0.15, -0.1) is 0 Å². The number of fused-ring (bicyclic) bond motifs is 1. The number of nitrogens with zero attached hydrogens (tertiary/aromatic N) is 4. The second-order valence-electron chi connectivity index (χ2n) is 15.6. The molecule has 2 aromatic carbocycles. The van der Waals surface area contributed by atoms with E-state index in [4.69, 9.17) is 4.74 Å². The van der Waals surface area contributed by atoms with Crippen LogP contribution in [0, 0.1) is 5.41 Å². The third-order valence-corrected chi connectivity index (χ3v) is 13.1. The van der Waals surface area contributed by atoms with E-state index in [1.54, 1.807) is 24.5 Å². The number of carbonyl (C=O) groups excluding carboxylic acids is 1. The van der Waals surface area contributed by atoms with Gasteiger partial charge >= 0.3 is 0 Å². The molecule has 3 aromatic heterocycles. The number of pyridine rings is 2. The molecule has 288 valence electrons. The van der Waals surface area contributed by atoms with Crippen LogP contribution >= 0.6 is 0 Å². The Morgan fingerprint density at radius 2 is 1.84 bits per heavy atom. The summed E-state index contributed by atoms with van der Waals surface area (Å²) in [7, 11) is -4.35. The SMILES string of the molecule is CCNc1ccc(S(=O)(=O)NC(=O)c2cnc(N3CCC4(CC3)CC(N3CCCC3c3ccccc3C(C)C)C4)cc2Oc2cnc3[nH]ccc3c2)cc1O. The zero-order valence-corrected chi connectivity index (χ0v) is 32.4. The van der Waals surface area contributed by atoms with Crippen molar-refractivity contribution in [2.75, 3.05) is 36.4 Å². The van der Waals surface area contributed by atoms with E-state index in [1.807, 2.05) is 13.0 Å². The second kappa shape index (κ2) is 14.8. The number of aromatic amines is 1. The van der Waals surface area contributed by atoms with Crippen molar-refractivity contribution in [3.8, 4) is 17.2 Å². The number of piperidine rings is 1. The van der Waals surface area contributed by atoms with E-state index in [0.29, 0.717) is 52.9 Å². The summed E-state index contributed by atoms with van der Waals surface area (Å²) in [5.74, 6) is 0.560. The van der Waals surface area contributed by atoms with Crippen LogP contribution in [0.5, 0.6) is 17.2 Å². The Morgan fingerprint density at radius 3 is 2.60 bits per heavy atom. The summed E-state index contributed by atoms with van der Waals surface area (Å²) >= 11 is 0. The number of nitrogens with one attached hydrogen (secondary N) is 3. The zero-order chi connectivity index (χ0) is 38.3. The number of ether oxygens (including phenoxy) is 1. The number of aromatic hydroxyl groups is 1. The number of carbonyl (C=O) groups is 1. The van der Waals surface area contributed by atoms with Crippen molar-refractivity contribution in [1.29, 1.82) is 0 Å². The summed E-state index contributed by atoms with van der Waals surface area (Å²) in [5.41, 5.74) is 4.32. The minimum Gasteiger partial charge on any atom is -0.506 e. The van der Waals surface area contributed by atoms with Crippen molar-refractivity contribution < 1.29 is 23.1 Å². The van der Waals surface area contributed by atoms with Crippen LogP contribution < -0.4 is 19.7 Å². The highest BCUT2D eigenvalue weighted by molar-refractivity contribution is 7.90. The number of amides is 1. The summed E-state index contributed by atoms with van der Waals surface area (Å²) in [6.45, 7) is 9.79. The van der Waals surface area contributed by atoms with Gasteiger partial charge in [-0.1, -0.05) is 38.1 Å². The molecule has 55 heavy (non-hydrogen) atoms. The van der Waals surface area contributed by atoms with Crippen LogP contribution in [0.1, 0.15) is 92.7 Å². The van der Waals surface area contributed by atoms with Crippen molar-refractivity contribution >= 4 is 38.5 Å². The molecule has 0 radical (unpaired) electrons. The number of hydrogen-bond acceptors (Lipinski definition) is 10. The number of sulfonamides is 1. The third-order valence-electron chi connectivity index (χ3n) is 11.8. The molecular weight excluding hydrogens is 715 g/mol. The molecule has 4 N–H and O–H groups in total. The molecular formula is C42H49N7O5S. The van der Waals surface area contributed by atoms with Gasteiger partial charge in [0, 0.05) is 61.6 Å². The van der Waals surface area contributed by atoms with Crippen molar-refractivity contribution in [3.05, 3.63) is 95.9 Å². The van der Waals surface area contributed by atoms with Gasteiger partial charge in [0.1, 0.15) is 34.3 Å². The third kappa shape index (κ3) is 7.35. The lowest BCUT2D eigenvalue weighted by Crippen LogP contribution is -2.55. The molecule has 1 unspecified atom stereocenters. The van der Waals surface area contributed by atoms with E-state index in [-0.39, 0.29) is 22.0 Å². The van der Waals surface area contributed by atoms with E-state index in [0.717, 1.165) is 43.9 Å². The number of aromatic nitrogens is 3. The molecule has 1 atom stereocenters.